The van der Waals surface area contributed by atoms with E-state index in [2.05, 4.69) is 16.3 Å². The van der Waals surface area contributed by atoms with Crippen molar-refractivity contribution in [3.05, 3.63) is 107 Å². The molecule has 0 unspecified atom stereocenters. The molecule has 1 fully saturated rings. The van der Waals surface area contributed by atoms with Crippen LogP contribution in [0.15, 0.2) is 78.9 Å². The van der Waals surface area contributed by atoms with Gasteiger partial charge in [0.1, 0.15) is 0 Å². The van der Waals surface area contributed by atoms with Gasteiger partial charge in [0.15, 0.2) is 5.78 Å². The molecule has 0 aliphatic carbocycles. The predicted octanol–water partition coefficient (Wildman–Crippen LogP) is 4.68. The van der Waals surface area contributed by atoms with Gasteiger partial charge in [-0.3, -0.25) is 14.5 Å². The second-order valence-corrected chi connectivity index (χ2v) is 9.85. The maximum Gasteiger partial charge on any atom is 0.232 e. The van der Waals surface area contributed by atoms with Crippen molar-refractivity contribution in [1.82, 2.24) is 10.2 Å². The minimum absolute atomic E-state index is 0.00830. The highest BCUT2D eigenvalue weighted by Gasteiger charge is 2.36. The van der Waals surface area contributed by atoms with Crippen molar-refractivity contribution in [3.63, 3.8) is 0 Å². The van der Waals surface area contributed by atoms with Crippen LogP contribution in [0.1, 0.15) is 46.6 Å². The molecule has 0 atom stereocenters. The quantitative estimate of drug-likeness (QED) is 0.509. The Kier molecular flexibility index (Phi) is 7.97. The van der Waals surface area contributed by atoms with Gasteiger partial charge in [0.05, 0.1) is 30.5 Å². The van der Waals surface area contributed by atoms with Crippen molar-refractivity contribution in [3.8, 4) is 6.07 Å². The fourth-order valence-electron chi connectivity index (χ4n) is 4.92. The first-order valence-corrected chi connectivity index (χ1v) is 12.5. The highest BCUT2D eigenvalue weighted by atomic mass is 16.2. The van der Waals surface area contributed by atoms with E-state index in [-0.39, 0.29) is 24.8 Å². The monoisotopic (exact) mass is 479 g/mol. The van der Waals surface area contributed by atoms with Gasteiger partial charge in [0, 0.05) is 13.1 Å². The zero-order valence-electron chi connectivity index (χ0n) is 21.0. The summed E-state index contributed by atoms with van der Waals surface area (Å²) in [7, 11) is 0. The molecule has 1 aliphatic rings. The minimum Gasteiger partial charge on any atom is -0.348 e. The average molecular weight is 480 g/mol. The van der Waals surface area contributed by atoms with Crippen molar-refractivity contribution in [2.45, 2.75) is 38.0 Å². The number of Topliss-reactive ketones (excluding diaryl/α,β-unsaturated/α-hetero) is 1. The third-order valence-electron chi connectivity index (χ3n) is 7.19. The Hall–Kier alpha value is -3.75. The molecule has 5 heteroatoms. The van der Waals surface area contributed by atoms with E-state index in [1.807, 2.05) is 92.7 Å². The Morgan fingerprint density at radius 3 is 1.92 bits per heavy atom. The predicted molar refractivity (Wildman–Crippen MR) is 142 cm³/mol. The van der Waals surface area contributed by atoms with Gasteiger partial charge in [0.25, 0.3) is 0 Å². The fraction of sp³-hybridized carbons (Fsp3) is 0.323. The summed E-state index contributed by atoms with van der Waals surface area (Å²) in [6.45, 7) is 5.66. The third kappa shape index (κ3) is 5.90. The van der Waals surface area contributed by atoms with Crippen LogP contribution in [-0.4, -0.2) is 42.8 Å². The molecule has 0 saturated carbocycles. The van der Waals surface area contributed by atoms with Gasteiger partial charge in [-0.2, -0.15) is 5.26 Å². The number of nitrogens with zero attached hydrogens (tertiary/aromatic N) is 2. The lowest BCUT2D eigenvalue weighted by atomic mass is 9.74. The Balaban J connectivity index is 1.36. The molecule has 1 N–H and O–H groups in total. The molecule has 0 bridgehead atoms. The number of rotatable bonds is 8. The van der Waals surface area contributed by atoms with E-state index < -0.39 is 11.3 Å². The maximum absolute atomic E-state index is 13.3. The number of carbonyl (C=O) groups excluding carboxylic acids is 2. The van der Waals surface area contributed by atoms with E-state index in [9.17, 15) is 14.9 Å². The Labute approximate surface area is 213 Å². The van der Waals surface area contributed by atoms with Gasteiger partial charge in [-0.15, -0.1) is 0 Å². The molecular weight excluding hydrogens is 446 g/mol. The summed E-state index contributed by atoms with van der Waals surface area (Å²) < 4.78 is 0. The molecule has 4 rings (SSSR count). The number of piperidine rings is 1. The normalized spacial score (nSPS) is 15.3. The number of nitrogens with one attached hydrogen (secondary N) is 1. The molecule has 3 aromatic rings. The summed E-state index contributed by atoms with van der Waals surface area (Å²) in [5, 5.41) is 12.8. The van der Waals surface area contributed by atoms with Crippen molar-refractivity contribution in [2.24, 2.45) is 0 Å². The molecule has 1 heterocycles. The van der Waals surface area contributed by atoms with Crippen LogP contribution in [0.5, 0.6) is 0 Å². The van der Waals surface area contributed by atoms with Gasteiger partial charge in [0.2, 0.25) is 5.91 Å². The lowest BCUT2D eigenvalue weighted by molar-refractivity contribution is -0.126. The van der Waals surface area contributed by atoms with E-state index in [1.54, 1.807) is 0 Å². The van der Waals surface area contributed by atoms with Crippen LogP contribution in [0.3, 0.4) is 0 Å². The number of likely N-dealkylation sites (tertiary alicyclic amines) is 1. The molecule has 1 aliphatic heterocycles. The average Bonchev–Trinajstić information content (AvgIpc) is 2.91. The molecule has 5 nitrogen and oxygen atoms in total. The summed E-state index contributed by atoms with van der Waals surface area (Å²) in [5.41, 5.74) is 4.62. The molecule has 36 heavy (non-hydrogen) atoms. The van der Waals surface area contributed by atoms with Crippen LogP contribution in [0.4, 0.5) is 0 Å². The van der Waals surface area contributed by atoms with Crippen molar-refractivity contribution in [1.29, 1.82) is 5.26 Å². The van der Waals surface area contributed by atoms with E-state index in [4.69, 9.17) is 0 Å². The number of benzene rings is 3. The van der Waals surface area contributed by atoms with Crippen molar-refractivity contribution in [2.75, 3.05) is 26.2 Å². The first-order chi connectivity index (χ1) is 17.4. The molecule has 0 spiro atoms. The van der Waals surface area contributed by atoms with Crippen LogP contribution < -0.4 is 5.32 Å². The zero-order valence-corrected chi connectivity index (χ0v) is 21.0. The summed E-state index contributed by atoms with van der Waals surface area (Å²) in [5.74, 6) is -0.683. The van der Waals surface area contributed by atoms with Gasteiger partial charge < -0.3 is 5.32 Å². The number of carbonyl (C=O) groups is 2. The van der Waals surface area contributed by atoms with Gasteiger partial charge in [-0.25, -0.2) is 0 Å². The molecule has 0 radical (unpaired) electrons. The SMILES string of the molecule is Cc1ccc(C(C(=O)NCC(=O)CN2CCC(C#N)(c3ccccc3)CC2)c2ccc(C)cc2)cc1. The Morgan fingerprint density at radius 2 is 1.42 bits per heavy atom. The van der Waals surface area contributed by atoms with Crippen LogP contribution in [-0.2, 0) is 15.0 Å². The number of ketones is 1. The number of aryl methyl sites for hydroxylation is 2. The summed E-state index contributed by atoms with van der Waals surface area (Å²) in [6.07, 6.45) is 1.38. The van der Waals surface area contributed by atoms with Gasteiger partial charge in [-0.1, -0.05) is 90.0 Å². The van der Waals surface area contributed by atoms with E-state index in [0.717, 1.165) is 27.8 Å². The number of amides is 1. The Bertz CT molecular complexity index is 1170. The molecule has 1 amide bonds. The smallest absolute Gasteiger partial charge is 0.232 e. The van der Waals surface area contributed by atoms with Crippen LogP contribution in [0, 0.1) is 25.2 Å². The van der Waals surface area contributed by atoms with Crippen LogP contribution in [0.2, 0.25) is 0 Å². The third-order valence-corrected chi connectivity index (χ3v) is 7.19. The zero-order chi connectivity index (χ0) is 25.5. The molecule has 0 aromatic heterocycles. The lowest BCUT2D eigenvalue weighted by Gasteiger charge is -2.37. The summed E-state index contributed by atoms with van der Waals surface area (Å²) in [6, 6.07) is 28.4. The highest BCUT2D eigenvalue weighted by molar-refractivity contribution is 5.92. The van der Waals surface area contributed by atoms with E-state index in [1.165, 1.54) is 0 Å². The van der Waals surface area contributed by atoms with Crippen LogP contribution in [0.25, 0.3) is 0 Å². The second kappa shape index (κ2) is 11.3. The second-order valence-electron chi connectivity index (χ2n) is 9.85. The van der Waals surface area contributed by atoms with E-state index >= 15 is 0 Å². The number of nitriles is 1. The first kappa shape index (κ1) is 25.3. The standard InChI is InChI=1S/C31H33N3O2/c1-23-8-12-25(13-9-23)29(26-14-10-24(2)11-15-26)30(36)33-20-28(35)21-34-18-16-31(22-32,17-19-34)27-6-4-3-5-7-27/h3-15,29H,16-21H2,1-2H3,(H,33,36). The van der Waals surface area contributed by atoms with E-state index in [0.29, 0.717) is 25.9 Å². The number of hydrogen-bond donors (Lipinski definition) is 1. The van der Waals surface area contributed by atoms with Crippen molar-refractivity contribution >= 4 is 11.7 Å². The highest BCUT2D eigenvalue weighted by Crippen LogP contribution is 2.34. The Morgan fingerprint density at radius 1 is 0.889 bits per heavy atom. The first-order valence-electron chi connectivity index (χ1n) is 12.5. The maximum atomic E-state index is 13.3. The molecule has 184 valence electrons. The minimum atomic E-state index is -0.496. The van der Waals surface area contributed by atoms with Gasteiger partial charge in [-0.05, 0) is 43.4 Å². The topological polar surface area (TPSA) is 73.2 Å². The molecule has 3 aromatic carbocycles. The largest absolute Gasteiger partial charge is 0.348 e. The van der Waals surface area contributed by atoms with Crippen LogP contribution >= 0.6 is 0 Å². The number of hydrogen-bond acceptors (Lipinski definition) is 4. The molecular formula is C31H33N3O2. The van der Waals surface area contributed by atoms with Crippen molar-refractivity contribution < 1.29 is 9.59 Å². The lowest BCUT2D eigenvalue weighted by Crippen LogP contribution is -2.45. The summed E-state index contributed by atoms with van der Waals surface area (Å²) in [4.78, 5) is 28.1. The summed E-state index contributed by atoms with van der Waals surface area (Å²) >= 11 is 0. The van der Waals surface area contributed by atoms with Gasteiger partial charge >= 0.3 is 0 Å². The molecule has 1 saturated heterocycles. The fourth-order valence-corrected chi connectivity index (χ4v) is 4.92.